The summed E-state index contributed by atoms with van der Waals surface area (Å²) in [5.41, 5.74) is 0. The fourth-order valence-corrected chi connectivity index (χ4v) is 3.38. The SMILES string of the molecule is CC(CNC(=O)C1CCCCC1C(=O)N1CCCC1)C(=O)O. The summed E-state index contributed by atoms with van der Waals surface area (Å²) in [5.74, 6) is -2.11. The molecule has 1 heterocycles. The molecule has 0 radical (unpaired) electrons. The Hall–Kier alpha value is -1.59. The van der Waals surface area contributed by atoms with Crippen molar-refractivity contribution in [3.05, 3.63) is 0 Å². The molecule has 0 bridgehead atoms. The molecule has 1 aliphatic carbocycles. The number of aliphatic carboxylic acids is 1. The van der Waals surface area contributed by atoms with Crippen LogP contribution in [0.5, 0.6) is 0 Å². The smallest absolute Gasteiger partial charge is 0.308 e. The largest absolute Gasteiger partial charge is 0.481 e. The second kappa shape index (κ2) is 7.61. The maximum absolute atomic E-state index is 12.6. The van der Waals surface area contributed by atoms with E-state index in [1.54, 1.807) is 6.92 Å². The van der Waals surface area contributed by atoms with Gasteiger partial charge in [0, 0.05) is 31.5 Å². The van der Waals surface area contributed by atoms with Gasteiger partial charge in [-0.15, -0.1) is 0 Å². The number of nitrogens with one attached hydrogen (secondary N) is 1. The Balaban J connectivity index is 1.94. The summed E-state index contributed by atoms with van der Waals surface area (Å²) in [6.07, 6.45) is 5.52. The molecule has 1 aliphatic heterocycles. The molecule has 0 spiro atoms. The van der Waals surface area contributed by atoms with Crippen molar-refractivity contribution in [1.29, 1.82) is 0 Å². The number of hydrogen-bond donors (Lipinski definition) is 2. The summed E-state index contributed by atoms with van der Waals surface area (Å²) in [5, 5.41) is 11.6. The number of hydrogen-bond acceptors (Lipinski definition) is 3. The summed E-state index contributed by atoms with van der Waals surface area (Å²) in [6, 6.07) is 0. The lowest BCUT2D eigenvalue weighted by Crippen LogP contribution is -2.45. The Morgan fingerprint density at radius 2 is 1.68 bits per heavy atom. The number of amides is 2. The highest BCUT2D eigenvalue weighted by atomic mass is 16.4. The first kappa shape index (κ1) is 16.8. The normalized spacial score (nSPS) is 26.5. The third-order valence-electron chi connectivity index (χ3n) is 4.84. The van der Waals surface area contributed by atoms with E-state index in [-0.39, 0.29) is 30.2 Å². The van der Waals surface area contributed by atoms with Gasteiger partial charge in [-0.25, -0.2) is 0 Å². The average molecular weight is 310 g/mol. The Morgan fingerprint density at radius 3 is 2.27 bits per heavy atom. The number of likely N-dealkylation sites (tertiary alicyclic amines) is 1. The van der Waals surface area contributed by atoms with Crippen molar-refractivity contribution < 1.29 is 19.5 Å². The van der Waals surface area contributed by atoms with Crippen LogP contribution in [0.3, 0.4) is 0 Å². The van der Waals surface area contributed by atoms with Gasteiger partial charge in [-0.05, 0) is 25.7 Å². The van der Waals surface area contributed by atoms with Gasteiger partial charge in [-0.1, -0.05) is 19.8 Å². The summed E-state index contributed by atoms with van der Waals surface area (Å²) in [7, 11) is 0. The molecular weight excluding hydrogens is 284 g/mol. The molecule has 2 N–H and O–H groups in total. The number of rotatable bonds is 5. The van der Waals surface area contributed by atoms with E-state index >= 15 is 0 Å². The fraction of sp³-hybridized carbons (Fsp3) is 0.812. The molecule has 22 heavy (non-hydrogen) atoms. The van der Waals surface area contributed by atoms with Crippen LogP contribution in [0.15, 0.2) is 0 Å². The molecule has 1 saturated carbocycles. The molecule has 6 nitrogen and oxygen atoms in total. The molecule has 0 aromatic heterocycles. The van der Waals surface area contributed by atoms with Crippen LogP contribution in [0.2, 0.25) is 0 Å². The van der Waals surface area contributed by atoms with E-state index in [4.69, 9.17) is 5.11 Å². The maximum Gasteiger partial charge on any atom is 0.308 e. The van der Waals surface area contributed by atoms with Gasteiger partial charge in [0.15, 0.2) is 0 Å². The van der Waals surface area contributed by atoms with E-state index < -0.39 is 11.9 Å². The van der Waals surface area contributed by atoms with Crippen molar-refractivity contribution in [3.8, 4) is 0 Å². The van der Waals surface area contributed by atoms with Gasteiger partial charge >= 0.3 is 5.97 Å². The van der Waals surface area contributed by atoms with Crippen LogP contribution >= 0.6 is 0 Å². The van der Waals surface area contributed by atoms with Crippen molar-refractivity contribution in [2.24, 2.45) is 17.8 Å². The number of carbonyl (C=O) groups is 3. The Morgan fingerprint density at radius 1 is 1.09 bits per heavy atom. The molecule has 1 saturated heterocycles. The minimum Gasteiger partial charge on any atom is -0.481 e. The minimum absolute atomic E-state index is 0.114. The highest BCUT2D eigenvalue weighted by molar-refractivity contribution is 5.88. The van der Waals surface area contributed by atoms with Crippen molar-refractivity contribution in [2.75, 3.05) is 19.6 Å². The lowest BCUT2D eigenvalue weighted by atomic mass is 9.77. The molecule has 124 valence electrons. The lowest BCUT2D eigenvalue weighted by Gasteiger charge is -2.32. The number of carboxylic acids is 1. The second-order valence-electron chi connectivity index (χ2n) is 6.51. The molecule has 2 fully saturated rings. The van der Waals surface area contributed by atoms with Crippen LogP contribution in [0.25, 0.3) is 0 Å². The molecule has 0 aromatic rings. The molecule has 6 heteroatoms. The summed E-state index contributed by atoms with van der Waals surface area (Å²) in [6.45, 7) is 3.30. The number of carbonyl (C=O) groups excluding carboxylic acids is 2. The zero-order valence-electron chi connectivity index (χ0n) is 13.2. The first-order chi connectivity index (χ1) is 10.5. The molecule has 3 atom stereocenters. The van der Waals surface area contributed by atoms with Gasteiger partial charge in [-0.3, -0.25) is 14.4 Å². The van der Waals surface area contributed by atoms with E-state index in [0.29, 0.717) is 0 Å². The van der Waals surface area contributed by atoms with Crippen molar-refractivity contribution in [1.82, 2.24) is 10.2 Å². The summed E-state index contributed by atoms with van der Waals surface area (Å²) >= 11 is 0. The van der Waals surface area contributed by atoms with Gasteiger partial charge < -0.3 is 15.3 Å². The van der Waals surface area contributed by atoms with E-state index in [2.05, 4.69) is 5.32 Å². The average Bonchev–Trinajstić information content (AvgIpc) is 3.05. The van der Waals surface area contributed by atoms with Crippen LogP contribution in [-0.4, -0.2) is 47.4 Å². The third-order valence-corrected chi connectivity index (χ3v) is 4.84. The van der Waals surface area contributed by atoms with Gasteiger partial charge in [-0.2, -0.15) is 0 Å². The standard InChI is InChI=1S/C16H26N2O4/c1-11(16(21)22)10-17-14(19)12-6-2-3-7-13(12)15(20)18-8-4-5-9-18/h11-13H,2-10H2,1H3,(H,17,19)(H,21,22). The topological polar surface area (TPSA) is 86.7 Å². The van der Waals surface area contributed by atoms with Crippen molar-refractivity contribution >= 4 is 17.8 Å². The highest BCUT2D eigenvalue weighted by Gasteiger charge is 2.38. The van der Waals surface area contributed by atoms with Crippen LogP contribution in [0.4, 0.5) is 0 Å². The number of carboxylic acid groups (broad SMARTS) is 1. The Kier molecular flexibility index (Phi) is 5.80. The van der Waals surface area contributed by atoms with E-state index in [0.717, 1.165) is 51.6 Å². The van der Waals surface area contributed by atoms with Gasteiger partial charge in [0.2, 0.25) is 11.8 Å². The van der Waals surface area contributed by atoms with Crippen LogP contribution in [-0.2, 0) is 14.4 Å². The predicted octanol–water partition coefficient (Wildman–Crippen LogP) is 1.25. The fourth-order valence-electron chi connectivity index (χ4n) is 3.38. The molecule has 2 amide bonds. The maximum atomic E-state index is 12.6. The lowest BCUT2D eigenvalue weighted by molar-refractivity contribution is -0.144. The Bertz CT molecular complexity index is 432. The second-order valence-corrected chi connectivity index (χ2v) is 6.51. The summed E-state index contributed by atoms with van der Waals surface area (Å²) < 4.78 is 0. The van der Waals surface area contributed by atoms with Crippen LogP contribution in [0, 0.1) is 17.8 Å². The molecule has 0 aromatic carbocycles. The zero-order valence-corrected chi connectivity index (χ0v) is 13.2. The quantitative estimate of drug-likeness (QED) is 0.800. The zero-order chi connectivity index (χ0) is 16.1. The van der Waals surface area contributed by atoms with Gasteiger partial charge in [0.05, 0.1) is 5.92 Å². The molecule has 2 rings (SSSR count). The van der Waals surface area contributed by atoms with E-state index in [9.17, 15) is 14.4 Å². The van der Waals surface area contributed by atoms with Gasteiger partial charge in [0.25, 0.3) is 0 Å². The minimum atomic E-state index is -0.923. The predicted molar refractivity (Wildman–Crippen MR) is 81.1 cm³/mol. The Labute approximate surface area is 131 Å². The van der Waals surface area contributed by atoms with Crippen LogP contribution in [0.1, 0.15) is 45.4 Å². The summed E-state index contributed by atoms with van der Waals surface area (Å²) in [4.78, 5) is 37.7. The first-order valence-corrected chi connectivity index (χ1v) is 8.30. The van der Waals surface area contributed by atoms with Crippen molar-refractivity contribution in [2.45, 2.75) is 45.4 Å². The molecular formula is C16H26N2O4. The highest BCUT2D eigenvalue weighted by Crippen LogP contribution is 2.32. The van der Waals surface area contributed by atoms with Gasteiger partial charge in [0.1, 0.15) is 0 Å². The van der Waals surface area contributed by atoms with E-state index in [1.807, 2.05) is 4.90 Å². The van der Waals surface area contributed by atoms with Crippen LogP contribution < -0.4 is 5.32 Å². The molecule has 2 aliphatic rings. The first-order valence-electron chi connectivity index (χ1n) is 8.30. The number of nitrogens with zero attached hydrogens (tertiary/aromatic N) is 1. The third kappa shape index (κ3) is 3.99. The van der Waals surface area contributed by atoms with E-state index in [1.165, 1.54) is 0 Å². The monoisotopic (exact) mass is 310 g/mol. The van der Waals surface area contributed by atoms with Crippen molar-refractivity contribution in [3.63, 3.8) is 0 Å². The molecule has 3 unspecified atom stereocenters.